The lowest BCUT2D eigenvalue weighted by Crippen LogP contribution is -2.41. The molecule has 1 heterocycles. The summed E-state index contributed by atoms with van der Waals surface area (Å²) in [6, 6.07) is 10.1. The normalized spacial score (nSPS) is 11.8. The summed E-state index contributed by atoms with van der Waals surface area (Å²) in [6.07, 6.45) is 0. The molecular formula is C16H18N2O3. The third kappa shape index (κ3) is 3.72. The molecule has 0 bridgehead atoms. The Kier molecular flexibility index (Phi) is 4.42. The molecule has 0 aliphatic carbocycles. The van der Waals surface area contributed by atoms with Gasteiger partial charge in [-0.25, -0.2) is 0 Å². The van der Waals surface area contributed by atoms with Crippen molar-refractivity contribution < 1.29 is 14.0 Å². The molecule has 0 aliphatic rings. The van der Waals surface area contributed by atoms with Crippen LogP contribution in [0.1, 0.15) is 28.8 Å². The summed E-state index contributed by atoms with van der Waals surface area (Å²) in [7, 11) is 0. The minimum absolute atomic E-state index is 0.271. The Bertz CT molecular complexity index is 647. The summed E-state index contributed by atoms with van der Waals surface area (Å²) >= 11 is 0. The van der Waals surface area contributed by atoms with Gasteiger partial charge in [0.1, 0.15) is 17.6 Å². The van der Waals surface area contributed by atoms with Gasteiger partial charge < -0.3 is 15.1 Å². The highest BCUT2D eigenvalue weighted by Gasteiger charge is 2.19. The zero-order chi connectivity index (χ0) is 15.4. The van der Waals surface area contributed by atoms with Crippen LogP contribution in [0.3, 0.4) is 0 Å². The minimum Gasteiger partial charge on any atom is -0.466 e. The number of carbonyl (C=O) groups excluding carboxylic acids is 2. The van der Waals surface area contributed by atoms with Gasteiger partial charge in [0.2, 0.25) is 5.91 Å². The molecule has 5 nitrogen and oxygen atoms in total. The molecule has 2 rings (SSSR count). The van der Waals surface area contributed by atoms with Crippen LogP contribution in [0.25, 0.3) is 0 Å². The number of hydrogen-bond donors (Lipinski definition) is 2. The largest absolute Gasteiger partial charge is 0.466 e. The van der Waals surface area contributed by atoms with E-state index in [0.29, 0.717) is 22.8 Å². The van der Waals surface area contributed by atoms with Crippen LogP contribution in [0, 0.1) is 13.8 Å². The maximum Gasteiger partial charge on any atom is 0.255 e. The van der Waals surface area contributed by atoms with Crippen molar-refractivity contribution in [3.8, 4) is 0 Å². The summed E-state index contributed by atoms with van der Waals surface area (Å²) in [5.41, 5.74) is 1.14. The zero-order valence-electron chi connectivity index (χ0n) is 12.3. The summed E-state index contributed by atoms with van der Waals surface area (Å²) in [4.78, 5) is 24.1. The van der Waals surface area contributed by atoms with Gasteiger partial charge in [0.25, 0.3) is 5.91 Å². The van der Waals surface area contributed by atoms with Crippen molar-refractivity contribution in [2.45, 2.75) is 26.8 Å². The van der Waals surface area contributed by atoms with Gasteiger partial charge in [0, 0.05) is 5.69 Å². The first-order valence-corrected chi connectivity index (χ1v) is 6.71. The molecule has 0 radical (unpaired) electrons. The molecule has 0 fully saturated rings. The van der Waals surface area contributed by atoms with Crippen LogP contribution in [0.2, 0.25) is 0 Å². The number of furan rings is 1. The monoisotopic (exact) mass is 286 g/mol. The number of nitrogens with one attached hydrogen (secondary N) is 2. The number of carbonyl (C=O) groups is 2. The zero-order valence-corrected chi connectivity index (χ0v) is 12.3. The SMILES string of the molecule is Cc1cc(C(=O)NC(C)C(=O)Nc2ccccc2)c(C)o1. The standard InChI is InChI=1S/C16H18N2O3/c1-10-9-14(12(3)21-10)16(20)17-11(2)15(19)18-13-7-5-4-6-8-13/h4-9,11H,1-3H3,(H,17,20)(H,18,19). The molecular weight excluding hydrogens is 268 g/mol. The lowest BCUT2D eigenvalue weighted by molar-refractivity contribution is -0.117. The van der Waals surface area contributed by atoms with Crippen molar-refractivity contribution in [3.05, 3.63) is 53.5 Å². The van der Waals surface area contributed by atoms with Crippen LogP contribution in [0.4, 0.5) is 5.69 Å². The Hall–Kier alpha value is -2.56. The predicted octanol–water partition coefficient (Wildman–Crippen LogP) is 2.65. The molecule has 2 aromatic rings. The molecule has 1 aromatic carbocycles. The first-order chi connectivity index (χ1) is 9.97. The molecule has 1 unspecified atom stereocenters. The first kappa shape index (κ1) is 14.8. The van der Waals surface area contributed by atoms with Crippen molar-refractivity contribution >= 4 is 17.5 Å². The van der Waals surface area contributed by atoms with E-state index in [4.69, 9.17) is 4.42 Å². The summed E-state index contributed by atoms with van der Waals surface area (Å²) < 4.78 is 5.31. The van der Waals surface area contributed by atoms with Gasteiger partial charge in [-0.05, 0) is 39.0 Å². The quantitative estimate of drug-likeness (QED) is 0.907. The highest BCUT2D eigenvalue weighted by Crippen LogP contribution is 2.13. The van der Waals surface area contributed by atoms with E-state index >= 15 is 0 Å². The van der Waals surface area contributed by atoms with Gasteiger partial charge >= 0.3 is 0 Å². The molecule has 0 spiro atoms. The minimum atomic E-state index is -0.646. The van der Waals surface area contributed by atoms with E-state index in [9.17, 15) is 9.59 Å². The fraction of sp³-hybridized carbons (Fsp3) is 0.250. The number of para-hydroxylation sites is 1. The Balaban J connectivity index is 1.97. The number of rotatable bonds is 4. The van der Waals surface area contributed by atoms with Crippen molar-refractivity contribution in [2.24, 2.45) is 0 Å². The van der Waals surface area contributed by atoms with Crippen LogP contribution < -0.4 is 10.6 Å². The van der Waals surface area contributed by atoms with Crippen LogP contribution >= 0.6 is 0 Å². The van der Waals surface area contributed by atoms with Crippen LogP contribution in [0.15, 0.2) is 40.8 Å². The molecule has 0 aliphatic heterocycles. The third-order valence-corrected chi connectivity index (χ3v) is 3.07. The lowest BCUT2D eigenvalue weighted by atomic mass is 10.2. The molecule has 110 valence electrons. The highest BCUT2D eigenvalue weighted by atomic mass is 16.3. The second-order valence-electron chi connectivity index (χ2n) is 4.88. The molecule has 0 saturated carbocycles. The summed E-state index contributed by atoms with van der Waals surface area (Å²) in [5.74, 6) is 0.618. The van der Waals surface area contributed by atoms with Crippen molar-refractivity contribution in [3.63, 3.8) is 0 Å². The number of hydrogen-bond acceptors (Lipinski definition) is 3. The molecule has 5 heteroatoms. The number of amides is 2. The Labute approximate surface area is 123 Å². The second-order valence-corrected chi connectivity index (χ2v) is 4.88. The van der Waals surface area contributed by atoms with Crippen molar-refractivity contribution in [1.82, 2.24) is 5.32 Å². The van der Waals surface area contributed by atoms with E-state index in [0.717, 1.165) is 0 Å². The van der Waals surface area contributed by atoms with E-state index in [1.807, 2.05) is 18.2 Å². The van der Waals surface area contributed by atoms with Gasteiger partial charge in [0.05, 0.1) is 5.56 Å². The summed E-state index contributed by atoms with van der Waals surface area (Å²) in [6.45, 7) is 5.13. The van der Waals surface area contributed by atoms with E-state index < -0.39 is 6.04 Å². The molecule has 0 saturated heterocycles. The van der Waals surface area contributed by atoms with E-state index in [-0.39, 0.29) is 11.8 Å². The van der Waals surface area contributed by atoms with Gasteiger partial charge in [0.15, 0.2) is 0 Å². The van der Waals surface area contributed by atoms with Gasteiger partial charge in [-0.2, -0.15) is 0 Å². The maximum absolute atomic E-state index is 12.1. The van der Waals surface area contributed by atoms with Crippen LogP contribution in [-0.4, -0.2) is 17.9 Å². The number of anilines is 1. The molecule has 2 N–H and O–H groups in total. The van der Waals surface area contributed by atoms with Gasteiger partial charge in [-0.3, -0.25) is 9.59 Å². The number of aryl methyl sites for hydroxylation is 2. The fourth-order valence-electron chi connectivity index (χ4n) is 1.97. The second kappa shape index (κ2) is 6.26. The maximum atomic E-state index is 12.1. The van der Waals surface area contributed by atoms with E-state index in [1.165, 1.54) is 0 Å². The van der Waals surface area contributed by atoms with Gasteiger partial charge in [-0.1, -0.05) is 18.2 Å². The Morgan fingerprint density at radius 2 is 1.81 bits per heavy atom. The smallest absolute Gasteiger partial charge is 0.255 e. The van der Waals surface area contributed by atoms with Crippen LogP contribution in [0.5, 0.6) is 0 Å². The lowest BCUT2D eigenvalue weighted by Gasteiger charge is -2.13. The van der Waals surface area contributed by atoms with Crippen molar-refractivity contribution in [1.29, 1.82) is 0 Å². The molecule has 1 atom stereocenters. The van der Waals surface area contributed by atoms with E-state index in [1.54, 1.807) is 39.0 Å². The fourth-order valence-corrected chi connectivity index (χ4v) is 1.97. The van der Waals surface area contributed by atoms with Gasteiger partial charge in [-0.15, -0.1) is 0 Å². The third-order valence-electron chi connectivity index (χ3n) is 3.07. The topological polar surface area (TPSA) is 71.3 Å². The first-order valence-electron chi connectivity index (χ1n) is 6.71. The Morgan fingerprint density at radius 3 is 2.38 bits per heavy atom. The Morgan fingerprint density at radius 1 is 1.14 bits per heavy atom. The molecule has 21 heavy (non-hydrogen) atoms. The predicted molar refractivity (Wildman–Crippen MR) is 80.2 cm³/mol. The summed E-state index contributed by atoms with van der Waals surface area (Å²) in [5, 5.41) is 5.40. The highest BCUT2D eigenvalue weighted by molar-refractivity contribution is 6.01. The van der Waals surface area contributed by atoms with E-state index in [2.05, 4.69) is 10.6 Å². The van der Waals surface area contributed by atoms with Crippen molar-refractivity contribution in [2.75, 3.05) is 5.32 Å². The molecule has 2 amide bonds. The number of benzene rings is 1. The average Bonchev–Trinajstić information content (AvgIpc) is 2.78. The average molecular weight is 286 g/mol. The molecule has 1 aromatic heterocycles. The van der Waals surface area contributed by atoms with Crippen LogP contribution in [-0.2, 0) is 4.79 Å².